The molecule has 0 aliphatic heterocycles. The molecule has 1 aliphatic rings. The smallest absolute Gasteiger partial charge is 0.0621 e. The Hall–Kier alpha value is -0.640. The van der Waals surface area contributed by atoms with E-state index in [9.17, 15) is 0 Å². The second-order valence-electron chi connectivity index (χ2n) is 5.72. The summed E-state index contributed by atoms with van der Waals surface area (Å²) in [6.45, 7) is 0. The first-order valence-electron chi connectivity index (χ1n) is 7.03. The van der Waals surface area contributed by atoms with Crippen molar-refractivity contribution in [1.82, 2.24) is 15.2 Å². The minimum absolute atomic E-state index is 0.251. The largest absolute Gasteiger partial charge is 0.315 e. The van der Waals surface area contributed by atoms with Gasteiger partial charge in [0.15, 0.2) is 0 Å². The molecule has 1 atom stereocenters. The van der Waals surface area contributed by atoms with Crippen LogP contribution < -0.4 is 5.32 Å². The highest BCUT2D eigenvalue weighted by Gasteiger charge is 2.42. The van der Waals surface area contributed by atoms with E-state index in [2.05, 4.69) is 36.3 Å². The first kappa shape index (κ1) is 14.8. The molecule has 0 radical (unpaired) electrons. The number of hydrogen-bond acceptors (Lipinski definition) is 3. The number of likely N-dealkylation sites (N-methyl/N-ethyl adjacent to an activating group) is 2. The number of hydrogen-bond donors (Lipinski definition) is 1. The van der Waals surface area contributed by atoms with Crippen LogP contribution in [0.25, 0.3) is 0 Å². The van der Waals surface area contributed by atoms with Gasteiger partial charge in [0.25, 0.3) is 0 Å². The molecule has 19 heavy (non-hydrogen) atoms. The van der Waals surface area contributed by atoms with E-state index in [-0.39, 0.29) is 5.54 Å². The Morgan fingerprint density at radius 1 is 1.42 bits per heavy atom. The lowest BCUT2D eigenvalue weighted by Crippen LogP contribution is -2.57. The zero-order chi connectivity index (χ0) is 13.9. The lowest BCUT2D eigenvalue weighted by atomic mass is 9.83. The van der Waals surface area contributed by atoms with Crippen LogP contribution in [0.4, 0.5) is 0 Å². The van der Waals surface area contributed by atoms with E-state index < -0.39 is 0 Å². The SMILES string of the molecule is CNC(Cc1ccncc1Cl)C1(N(C)C)CCCC1. The molecule has 0 bridgehead atoms. The molecule has 106 valence electrons. The van der Waals surface area contributed by atoms with Crippen LogP contribution in [0.3, 0.4) is 0 Å². The van der Waals surface area contributed by atoms with Gasteiger partial charge in [-0.3, -0.25) is 4.98 Å². The fourth-order valence-corrected chi connectivity index (χ4v) is 3.64. The van der Waals surface area contributed by atoms with Crippen LogP contribution in [-0.2, 0) is 6.42 Å². The predicted octanol–water partition coefficient (Wildman–Crippen LogP) is 2.74. The zero-order valence-electron chi connectivity index (χ0n) is 12.1. The summed E-state index contributed by atoms with van der Waals surface area (Å²) in [4.78, 5) is 6.46. The quantitative estimate of drug-likeness (QED) is 0.900. The van der Waals surface area contributed by atoms with Crippen molar-refractivity contribution >= 4 is 11.6 Å². The normalized spacial score (nSPS) is 19.8. The molecule has 0 spiro atoms. The maximum atomic E-state index is 6.25. The minimum Gasteiger partial charge on any atom is -0.315 e. The highest BCUT2D eigenvalue weighted by atomic mass is 35.5. The molecule has 1 fully saturated rings. The summed E-state index contributed by atoms with van der Waals surface area (Å²) < 4.78 is 0. The number of halogens is 1. The Morgan fingerprint density at radius 3 is 2.63 bits per heavy atom. The van der Waals surface area contributed by atoms with E-state index in [4.69, 9.17) is 11.6 Å². The van der Waals surface area contributed by atoms with Crippen molar-refractivity contribution in [2.75, 3.05) is 21.1 Å². The van der Waals surface area contributed by atoms with Gasteiger partial charge in [0.05, 0.1) is 5.02 Å². The number of pyridine rings is 1. The third-order valence-corrected chi connectivity index (χ3v) is 4.98. The lowest BCUT2D eigenvalue weighted by molar-refractivity contribution is 0.108. The first-order chi connectivity index (χ1) is 9.10. The maximum absolute atomic E-state index is 6.25. The number of nitrogens with one attached hydrogen (secondary N) is 1. The van der Waals surface area contributed by atoms with Crippen LogP contribution in [0, 0.1) is 0 Å². The van der Waals surface area contributed by atoms with Crippen molar-refractivity contribution < 1.29 is 0 Å². The van der Waals surface area contributed by atoms with Crippen LogP contribution in [0.2, 0.25) is 5.02 Å². The molecule has 4 heteroatoms. The summed E-state index contributed by atoms with van der Waals surface area (Å²) in [7, 11) is 6.46. The highest BCUT2D eigenvalue weighted by Crippen LogP contribution is 2.38. The summed E-state index contributed by atoms with van der Waals surface area (Å²) in [5.74, 6) is 0. The van der Waals surface area contributed by atoms with Crippen molar-refractivity contribution in [2.45, 2.75) is 43.7 Å². The first-order valence-corrected chi connectivity index (χ1v) is 7.41. The molecule has 3 nitrogen and oxygen atoms in total. The van der Waals surface area contributed by atoms with Crippen LogP contribution in [0.15, 0.2) is 18.5 Å². The van der Waals surface area contributed by atoms with Gasteiger partial charge in [-0.1, -0.05) is 24.4 Å². The van der Waals surface area contributed by atoms with E-state index in [0.29, 0.717) is 6.04 Å². The van der Waals surface area contributed by atoms with Gasteiger partial charge < -0.3 is 10.2 Å². The van der Waals surface area contributed by atoms with E-state index in [1.54, 1.807) is 6.20 Å². The third kappa shape index (κ3) is 2.93. The molecule has 2 rings (SSSR count). The van der Waals surface area contributed by atoms with Gasteiger partial charge >= 0.3 is 0 Å². The fourth-order valence-electron chi connectivity index (χ4n) is 3.44. The van der Waals surface area contributed by atoms with Crippen LogP contribution in [0.1, 0.15) is 31.2 Å². The fraction of sp³-hybridized carbons (Fsp3) is 0.667. The van der Waals surface area contributed by atoms with Gasteiger partial charge in [0, 0.05) is 24.0 Å². The summed E-state index contributed by atoms with van der Waals surface area (Å²) >= 11 is 6.25. The summed E-state index contributed by atoms with van der Waals surface area (Å²) in [5.41, 5.74) is 1.44. The number of rotatable bonds is 5. The van der Waals surface area contributed by atoms with Crippen molar-refractivity contribution in [3.63, 3.8) is 0 Å². The Kier molecular flexibility index (Phi) is 4.82. The number of aromatic nitrogens is 1. The molecule has 1 saturated carbocycles. The van der Waals surface area contributed by atoms with E-state index in [0.717, 1.165) is 11.4 Å². The van der Waals surface area contributed by atoms with Gasteiger partial charge in [-0.05, 0) is 52.0 Å². The molecule has 0 saturated heterocycles. The second kappa shape index (κ2) is 6.21. The van der Waals surface area contributed by atoms with Crippen LogP contribution in [0.5, 0.6) is 0 Å². The second-order valence-corrected chi connectivity index (χ2v) is 6.12. The van der Waals surface area contributed by atoms with E-state index >= 15 is 0 Å². The van der Waals surface area contributed by atoms with Gasteiger partial charge in [0.2, 0.25) is 0 Å². The van der Waals surface area contributed by atoms with Crippen LogP contribution >= 0.6 is 11.6 Å². The monoisotopic (exact) mass is 281 g/mol. The highest BCUT2D eigenvalue weighted by molar-refractivity contribution is 6.31. The topological polar surface area (TPSA) is 28.2 Å². The molecule has 1 N–H and O–H groups in total. The van der Waals surface area contributed by atoms with E-state index in [1.165, 1.54) is 31.2 Å². The Labute approximate surface area is 121 Å². The molecule has 1 heterocycles. The standard InChI is InChI=1S/C15H24ClN3/c1-17-14(10-12-6-9-18-11-13(12)16)15(19(2)3)7-4-5-8-15/h6,9,11,14,17H,4-5,7-8,10H2,1-3H3. The van der Waals surface area contributed by atoms with E-state index in [1.807, 2.05) is 12.3 Å². The van der Waals surface area contributed by atoms with Crippen molar-refractivity contribution in [1.29, 1.82) is 0 Å². The molecule has 1 aromatic heterocycles. The average molecular weight is 282 g/mol. The van der Waals surface area contributed by atoms with Crippen molar-refractivity contribution in [3.8, 4) is 0 Å². The molecular formula is C15H24ClN3. The summed E-state index contributed by atoms with van der Waals surface area (Å²) in [5, 5.41) is 4.29. The average Bonchev–Trinajstić information content (AvgIpc) is 2.88. The van der Waals surface area contributed by atoms with Crippen LogP contribution in [-0.4, -0.2) is 42.6 Å². The molecule has 1 aliphatic carbocycles. The zero-order valence-corrected chi connectivity index (χ0v) is 12.9. The lowest BCUT2D eigenvalue weighted by Gasteiger charge is -2.43. The minimum atomic E-state index is 0.251. The Bertz CT molecular complexity index is 414. The van der Waals surface area contributed by atoms with Crippen molar-refractivity contribution in [2.24, 2.45) is 0 Å². The predicted molar refractivity (Wildman–Crippen MR) is 80.7 cm³/mol. The summed E-state index contributed by atoms with van der Waals surface area (Å²) in [6, 6.07) is 2.45. The van der Waals surface area contributed by atoms with Gasteiger partial charge in [-0.2, -0.15) is 0 Å². The molecule has 0 amide bonds. The Morgan fingerprint density at radius 2 is 2.11 bits per heavy atom. The molecule has 1 aromatic rings. The van der Waals surface area contributed by atoms with Gasteiger partial charge in [0.1, 0.15) is 0 Å². The molecule has 1 unspecified atom stereocenters. The van der Waals surface area contributed by atoms with Gasteiger partial charge in [-0.15, -0.1) is 0 Å². The number of nitrogens with zero attached hydrogens (tertiary/aromatic N) is 2. The van der Waals surface area contributed by atoms with Crippen molar-refractivity contribution in [3.05, 3.63) is 29.0 Å². The summed E-state index contributed by atoms with van der Waals surface area (Å²) in [6.07, 6.45) is 9.67. The Balaban J connectivity index is 2.22. The molecule has 0 aromatic carbocycles. The maximum Gasteiger partial charge on any atom is 0.0621 e. The third-order valence-electron chi connectivity index (χ3n) is 4.64. The van der Waals surface area contributed by atoms with Gasteiger partial charge in [-0.25, -0.2) is 0 Å². The molecular weight excluding hydrogens is 258 g/mol.